The van der Waals surface area contributed by atoms with E-state index < -0.39 is 0 Å². The van der Waals surface area contributed by atoms with E-state index in [4.69, 9.17) is 11.6 Å². The SMILES string of the molecule is CCCN1C(=O)C2CCC(C(=O)NC3CCCCC3)CC2N2C(SCc3ccccc3Cl)=NNC12. The molecule has 2 aliphatic carbocycles. The maximum absolute atomic E-state index is 13.5. The fourth-order valence-corrected chi connectivity index (χ4v) is 7.42. The van der Waals surface area contributed by atoms with Crippen molar-refractivity contribution < 1.29 is 9.59 Å². The van der Waals surface area contributed by atoms with Crippen LogP contribution in [0.15, 0.2) is 29.4 Å². The van der Waals surface area contributed by atoms with Gasteiger partial charge in [-0.25, -0.2) is 0 Å². The molecule has 190 valence electrons. The first kappa shape index (κ1) is 24.8. The number of carbonyl (C=O) groups excluding carboxylic acids is 2. The molecular weight excluding hydrogens is 482 g/mol. The minimum Gasteiger partial charge on any atom is -0.353 e. The summed E-state index contributed by atoms with van der Waals surface area (Å²) in [6.45, 7) is 2.79. The van der Waals surface area contributed by atoms with Crippen LogP contribution in [-0.4, -0.2) is 51.7 Å². The van der Waals surface area contributed by atoms with Crippen molar-refractivity contribution in [2.75, 3.05) is 6.54 Å². The Kier molecular flexibility index (Phi) is 7.77. The van der Waals surface area contributed by atoms with Crippen LogP contribution in [-0.2, 0) is 15.3 Å². The summed E-state index contributed by atoms with van der Waals surface area (Å²) in [4.78, 5) is 30.9. The maximum Gasteiger partial charge on any atom is 0.230 e. The number of hydrazone groups is 1. The minimum atomic E-state index is -0.280. The van der Waals surface area contributed by atoms with Gasteiger partial charge in [-0.3, -0.25) is 15.0 Å². The summed E-state index contributed by atoms with van der Waals surface area (Å²) in [5, 5.41) is 9.62. The van der Waals surface area contributed by atoms with Crippen molar-refractivity contribution >= 4 is 40.3 Å². The zero-order valence-corrected chi connectivity index (χ0v) is 22.0. The number of benzene rings is 1. The van der Waals surface area contributed by atoms with E-state index >= 15 is 0 Å². The van der Waals surface area contributed by atoms with E-state index in [1.807, 2.05) is 29.2 Å². The van der Waals surface area contributed by atoms with Gasteiger partial charge in [-0.2, -0.15) is 5.10 Å². The van der Waals surface area contributed by atoms with Crippen molar-refractivity contribution in [1.29, 1.82) is 0 Å². The molecule has 4 aliphatic rings. The van der Waals surface area contributed by atoms with Gasteiger partial charge in [-0.1, -0.05) is 67.7 Å². The first-order valence-corrected chi connectivity index (χ1v) is 14.5. The molecule has 2 saturated carbocycles. The summed E-state index contributed by atoms with van der Waals surface area (Å²) in [7, 11) is 0. The molecular formula is C26H36ClN5O2S. The van der Waals surface area contributed by atoms with Crippen LogP contribution in [0.3, 0.4) is 0 Å². The van der Waals surface area contributed by atoms with E-state index in [1.165, 1.54) is 19.3 Å². The van der Waals surface area contributed by atoms with Crippen LogP contribution in [0.2, 0.25) is 5.02 Å². The van der Waals surface area contributed by atoms with Gasteiger partial charge >= 0.3 is 0 Å². The van der Waals surface area contributed by atoms with E-state index in [9.17, 15) is 9.59 Å². The van der Waals surface area contributed by atoms with Crippen LogP contribution in [0, 0.1) is 11.8 Å². The highest BCUT2D eigenvalue weighted by molar-refractivity contribution is 8.13. The standard InChI is InChI=1S/C26H36ClN5O2S/c1-2-14-31-24(34)20-13-12-17(23(33)28-19-9-4-3-5-10-19)15-22(20)32-25(31)29-30-26(32)35-16-18-8-6-7-11-21(18)27/h6-8,11,17,19-20,22,25,29H,2-5,9-10,12-16H2,1H3,(H,28,33). The Morgan fingerprint density at radius 3 is 2.77 bits per heavy atom. The highest BCUT2D eigenvalue weighted by atomic mass is 35.5. The zero-order valence-electron chi connectivity index (χ0n) is 20.4. The van der Waals surface area contributed by atoms with Crippen molar-refractivity contribution in [3.05, 3.63) is 34.9 Å². The Morgan fingerprint density at radius 1 is 1.20 bits per heavy atom. The third kappa shape index (κ3) is 5.15. The first-order valence-electron chi connectivity index (χ1n) is 13.2. The maximum atomic E-state index is 13.5. The highest BCUT2D eigenvalue weighted by Crippen LogP contribution is 2.41. The van der Waals surface area contributed by atoms with Gasteiger partial charge in [0.2, 0.25) is 11.8 Å². The van der Waals surface area contributed by atoms with Crippen molar-refractivity contribution in [3.8, 4) is 0 Å². The van der Waals surface area contributed by atoms with Crippen molar-refractivity contribution in [1.82, 2.24) is 20.5 Å². The molecule has 5 rings (SSSR count). The average molecular weight is 518 g/mol. The Balaban J connectivity index is 1.32. The summed E-state index contributed by atoms with van der Waals surface area (Å²) in [5.74, 6) is 0.921. The monoisotopic (exact) mass is 517 g/mol. The lowest BCUT2D eigenvalue weighted by atomic mass is 9.75. The molecule has 2 N–H and O–H groups in total. The van der Waals surface area contributed by atoms with Crippen molar-refractivity contribution in [2.24, 2.45) is 16.9 Å². The number of thioether (sulfide) groups is 1. The second kappa shape index (κ2) is 11.0. The summed E-state index contributed by atoms with van der Waals surface area (Å²) in [6.07, 6.45) is 8.67. The van der Waals surface area contributed by atoms with Crippen LogP contribution >= 0.6 is 23.4 Å². The average Bonchev–Trinajstić information content (AvgIpc) is 3.30. The van der Waals surface area contributed by atoms with Crippen LogP contribution in [0.1, 0.15) is 70.3 Å². The molecule has 2 aliphatic heterocycles. The van der Waals surface area contributed by atoms with E-state index in [0.717, 1.165) is 47.9 Å². The molecule has 3 fully saturated rings. The molecule has 0 aromatic heterocycles. The molecule has 2 heterocycles. The molecule has 0 spiro atoms. The molecule has 7 nitrogen and oxygen atoms in total. The van der Waals surface area contributed by atoms with Gasteiger partial charge in [0.25, 0.3) is 0 Å². The molecule has 1 aromatic rings. The number of amidine groups is 1. The minimum absolute atomic E-state index is 0.0241. The van der Waals surface area contributed by atoms with Crippen LogP contribution in [0.5, 0.6) is 0 Å². The lowest BCUT2D eigenvalue weighted by Crippen LogP contribution is -2.68. The Hall–Kier alpha value is -1.93. The van der Waals surface area contributed by atoms with E-state index in [2.05, 4.69) is 27.7 Å². The number of hydrogen-bond acceptors (Lipinski definition) is 6. The molecule has 1 aromatic carbocycles. The molecule has 0 radical (unpaired) electrons. The number of rotatable bonds is 6. The molecule has 2 amide bonds. The quantitative estimate of drug-likeness (QED) is 0.580. The van der Waals surface area contributed by atoms with E-state index in [1.54, 1.807) is 11.8 Å². The molecule has 0 bridgehead atoms. The summed E-state index contributed by atoms with van der Waals surface area (Å²) < 4.78 is 0. The number of carbonyl (C=O) groups is 2. The van der Waals surface area contributed by atoms with E-state index in [0.29, 0.717) is 24.8 Å². The van der Waals surface area contributed by atoms with Crippen LogP contribution < -0.4 is 10.7 Å². The molecule has 1 saturated heterocycles. The Bertz CT molecular complexity index is 969. The van der Waals surface area contributed by atoms with E-state index in [-0.39, 0.29) is 36.0 Å². The fourth-order valence-electron chi connectivity index (χ4n) is 6.10. The smallest absolute Gasteiger partial charge is 0.230 e. The fraction of sp³-hybridized carbons (Fsp3) is 0.654. The third-order valence-corrected chi connectivity index (χ3v) is 9.32. The number of amides is 2. The van der Waals surface area contributed by atoms with Gasteiger partial charge in [-0.05, 0) is 50.2 Å². The number of nitrogens with zero attached hydrogens (tertiary/aromatic N) is 3. The first-order chi connectivity index (χ1) is 17.1. The number of halogens is 1. The number of fused-ring (bicyclic) bond motifs is 3. The van der Waals surface area contributed by atoms with Crippen molar-refractivity contribution in [2.45, 2.75) is 88.8 Å². The number of hydrogen-bond donors (Lipinski definition) is 2. The second-order valence-electron chi connectivity index (χ2n) is 10.2. The normalized spacial score (nSPS) is 28.7. The third-order valence-electron chi connectivity index (χ3n) is 7.93. The summed E-state index contributed by atoms with van der Waals surface area (Å²) in [5.41, 5.74) is 4.30. The van der Waals surface area contributed by atoms with Gasteiger partial charge in [0.1, 0.15) is 0 Å². The van der Waals surface area contributed by atoms with Gasteiger partial charge in [0.05, 0.1) is 5.92 Å². The van der Waals surface area contributed by atoms with Crippen LogP contribution in [0.25, 0.3) is 0 Å². The lowest BCUT2D eigenvalue weighted by Gasteiger charge is -2.51. The van der Waals surface area contributed by atoms with Gasteiger partial charge in [0.15, 0.2) is 11.5 Å². The molecule has 4 atom stereocenters. The predicted octanol–water partition coefficient (Wildman–Crippen LogP) is 4.52. The van der Waals surface area contributed by atoms with Gasteiger partial charge in [-0.15, -0.1) is 0 Å². The highest BCUT2D eigenvalue weighted by Gasteiger charge is 2.52. The van der Waals surface area contributed by atoms with Crippen molar-refractivity contribution in [3.63, 3.8) is 0 Å². The summed E-state index contributed by atoms with van der Waals surface area (Å²) in [6, 6.07) is 8.16. The predicted molar refractivity (Wildman–Crippen MR) is 141 cm³/mol. The molecule has 35 heavy (non-hydrogen) atoms. The van der Waals surface area contributed by atoms with Gasteiger partial charge in [0, 0.05) is 35.3 Å². The Morgan fingerprint density at radius 2 is 2.00 bits per heavy atom. The molecule has 4 unspecified atom stereocenters. The number of nitrogens with one attached hydrogen (secondary N) is 2. The molecule has 9 heteroatoms. The Labute approximate surface area is 217 Å². The second-order valence-corrected chi connectivity index (χ2v) is 11.6. The largest absolute Gasteiger partial charge is 0.353 e. The van der Waals surface area contributed by atoms with Crippen LogP contribution in [0.4, 0.5) is 0 Å². The topological polar surface area (TPSA) is 77.0 Å². The summed E-state index contributed by atoms with van der Waals surface area (Å²) >= 11 is 8.04. The lowest BCUT2D eigenvalue weighted by molar-refractivity contribution is -0.157. The van der Waals surface area contributed by atoms with Gasteiger partial charge < -0.3 is 15.1 Å². The zero-order chi connectivity index (χ0) is 24.4.